The van der Waals surface area contributed by atoms with Crippen LogP contribution in [0.4, 0.5) is 0 Å². The van der Waals surface area contributed by atoms with Crippen molar-refractivity contribution in [2.24, 2.45) is 0 Å². The van der Waals surface area contributed by atoms with Gasteiger partial charge < -0.3 is 4.74 Å². The molecule has 0 aromatic carbocycles. The highest BCUT2D eigenvalue weighted by molar-refractivity contribution is 9.10. The largest absolute Gasteiger partial charge is 0.493 e. The van der Waals surface area contributed by atoms with Gasteiger partial charge in [-0.2, -0.15) is 4.98 Å². The van der Waals surface area contributed by atoms with Crippen LogP contribution in [0.25, 0.3) is 5.65 Å². The molecule has 0 aliphatic carbocycles. The summed E-state index contributed by atoms with van der Waals surface area (Å²) < 4.78 is 7.53. The standard InChI is InChI=1S/C7H5BrClN3O/c1-13-5-2-4(8)3-12-6(5)10-7(9)11-12/h2-3H,1H3. The quantitative estimate of drug-likeness (QED) is 0.790. The van der Waals surface area contributed by atoms with Gasteiger partial charge in [0.05, 0.1) is 7.11 Å². The van der Waals surface area contributed by atoms with Crippen LogP contribution in [0.1, 0.15) is 0 Å². The van der Waals surface area contributed by atoms with Crippen molar-refractivity contribution < 1.29 is 4.74 Å². The summed E-state index contributed by atoms with van der Waals surface area (Å²) in [6, 6.07) is 1.81. The van der Waals surface area contributed by atoms with Crippen LogP contribution in [-0.4, -0.2) is 21.7 Å². The fraction of sp³-hybridized carbons (Fsp3) is 0.143. The van der Waals surface area contributed by atoms with Crippen LogP contribution in [0.5, 0.6) is 5.75 Å². The first-order valence-corrected chi connectivity index (χ1v) is 4.63. The Morgan fingerprint density at radius 1 is 1.62 bits per heavy atom. The third-order valence-electron chi connectivity index (χ3n) is 1.56. The minimum Gasteiger partial charge on any atom is -0.493 e. The fourth-order valence-electron chi connectivity index (χ4n) is 1.05. The van der Waals surface area contributed by atoms with Crippen LogP contribution in [-0.2, 0) is 0 Å². The van der Waals surface area contributed by atoms with E-state index in [0.717, 1.165) is 4.47 Å². The zero-order valence-electron chi connectivity index (χ0n) is 6.66. The molecule has 13 heavy (non-hydrogen) atoms. The Hall–Kier alpha value is -0.810. The van der Waals surface area contributed by atoms with Crippen molar-refractivity contribution in [3.8, 4) is 5.75 Å². The van der Waals surface area contributed by atoms with Gasteiger partial charge in [-0.1, -0.05) is 0 Å². The first kappa shape index (κ1) is 8.77. The number of methoxy groups -OCH3 is 1. The molecule has 6 heteroatoms. The van der Waals surface area contributed by atoms with Gasteiger partial charge in [0.25, 0.3) is 0 Å². The number of halogens is 2. The maximum atomic E-state index is 5.65. The number of ether oxygens (including phenoxy) is 1. The van der Waals surface area contributed by atoms with E-state index in [1.165, 1.54) is 0 Å². The molecule has 0 fully saturated rings. The molecule has 0 amide bonds. The van der Waals surface area contributed by atoms with Gasteiger partial charge in [-0.05, 0) is 33.6 Å². The van der Waals surface area contributed by atoms with Crippen molar-refractivity contribution >= 4 is 33.2 Å². The molecule has 0 saturated carbocycles. The Morgan fingerprint density at radius 3 is 3.08 bits per heavy atom. The van der Waals surface area contributed by atoms with E-state index in [4.69, 9.17) is 16.3 Å². The molecule has 0 bridgehead atoms. The van der Waals surface area contributed by atoms with Crippen LogP contribution in [0.15, 0.2) is 16.7 Å². The lowest BCUT2D eigenvalue weighted by molar-refractivity contribution is 0.416. The highest BCUT2D eigenvalue weighted by Gasteiger charge is 2.07. The normalized spacial score (nSPS) is 10.7. The van der Waals surface area contributed by atoms with Crippen LogP contribution in [0, 0.1) is 0 Å². The fourth-order valence-corrected chi connectivity index (χ4v) is 1.61. The molecular formula is C7H5BrClN3O. The number of hydrogen-bond donors (Lipinski definition) is 0. The van der Waals surface area contributed by atoms with Gasteiger partial charge in [0.15, 0.2) is 11.4 Å². The second kappa shape index (κ2) is 3.16. The second-order valence-corrected chi connectivity index (χ2v) is 3.63. The molecular weight excluding hydrogens is 257 g/mol. The van der Waals surface area contributed by atoms with E-state index in [1.54, 1.807) is 23.9 Å². The summed E-state index contributed by atoms with van der Waals surface area (Å²) in [6.45, 7) is 0. The number of fused-ring (bicyclic) bond motifs is 1. The van der Waals surface area contributed by atoms with Gasteiger partial charge in [-0.25, -0.2) is 4.52 Å². The van der Waals surface area contributed by atoms with Crippen molar-refractivity contribution in [2.75, 3.05) is 7.11 Å². The van der Waals surface area contributed by atoms with Crippen LogP contribution < -0.4 is 4.74 Å². The molecule has 2 aromatic rings. The number of aromatic nitrogens is 3. The SMILES string of the molecule is COc1cc(Br)cn2nc(Cl)nc12. The first-order chi connectivity index (χ1) is 6.20. The minimum atomic E-state index is 0.205. The third-order valence-corrected chi connectivity index (χ3v) is 2.15. The third kappa shape index (κ3) is 1.49. The van der Waals surface area contributed by atoms with Gasteiger partial charge in [0.2, 0.25) is 5.28 Å². The van der Waals surface area contributed by atoms with E-state index in [1.807, 2.05) is 0 Å². The number of hydrogen-bond acceptors (Lipinski definition) is 3. The van der Waals surface area contributed by atoms with Gasteiger partial charge in [0, 0.05) is 10.7 Å². The molecule has 0 N–H and O–H groups in total. The van der Waals surface area contributed by atoms with Crippen LogP contribution in [0.2, 0.25) is 5.28 Å². The molecule has 0 atom stereocenters. The molecule has 0 aliphatic rings. The molecule has 2 rings (SSSR count). The summed E-state index contributed by atoms with van der Waals surface area (Å²) in [5, 5.41) is 4.15. The molecule has 0 radical (unpaired) electrons. The monoisotopic (exact) mass is 261 g/mol. The zero-order valence-corrected chi connectivity index (χ0v) is 9.00. The lowest BCUT2D eigenvalue weighted by atomic mass is 10.4. The van der Waals surface area contributed by atoms with E-state index in [2.05, 4.69) is 26.0 Å². The summed E-state index contributed by atoms with van der Waals surface area (Å²) >= 11 is 8.97. The molecule has 4 nitrogen and oxygen atoms in total. The molecule has 0 aliphatic heterocycles. The van der Waals surface area contributed by atoms with Gasteiger partial charge in [-0.3, -0.25) is 0 Å². The Kier molecular flexibility index (Phi) is 2.13. The zero-order chi connectivity index (χ0) is 9.42. The van der Waals surface area contributed by atoms with Crippen molar-refractivity contribution in [2.45, 2.75) is 0 Å². The van der Waals surface area contributed by atoms with Crippen molar-refractivity contribution in [1.29, 1.82) is 0 Å². The van der Waals surface area contributed by atoms with Crippen LogP contribution in [0.3, 0.4) is 0 Å². The highest BCUT2D eigenvalue weighted by Crippen LogP contribution is 2.23. The van der Waals surface area contributed by atoms with E-state index >= 15 is 0 Å². The maximum absolute atomic E-state index is 5.65. The lowest BCUT2D eigenvalue weighted by Crippen LogP contribution is -1.91. The molecule has 0 saturated heterocycles. The predicted octanol–water partition coefficient (Wildman–Crippen LogP) is 2.15. The van der Waals surface area contributed by atoms with E-state index in [9.17, 15) is 0 Å². The Morgan fingerprint density at radius 2 is 2.38 bits per heavy atom. The predicted molar refractivity (Wildman–Crippen MR) is 52.2 cm³/mol. The number of pyridine rings is 1. The van der Waals surface area contributed by atoms with Gasteiger partial charge in [0.1, 0.15) is 0 Å². The summed E-state index contributed by atoms with van der Waals surface area (Å²) in [5.41, 5.74) is 0.607. The molecule has 2 heterocycles. The smallest absolute Gasteiger partial charge is 0.243 e. The van der Waals surface area contributed by atoms with Crippen molar-refractivity contribution in [1.82, 2.24) is 14.6 Å². The topological polar surface area (TPSA) is 39.4 Å². The summed E-state index contributed by atoms with van der Waals surface area (Å²) in [5.74, 6) is 0.633. The first-order valence-electron chi connectivity index (χ1n) is 3.46. The van der Waals surface area contributed by atoms with Gasteiger partial charge in [-0.15, -0.1) is 5.10 Å². The average Bonchev–Trinajstić information content (AvgIpc) is 2.43. The summed E-state index contributed by atoms with van der Waals surface area (Å²) in [7, 11) is 1.57. The highest BCUT2D eigenvalue weighted by atomic mass is 79.9. The lowest BCUT2D eigenvalue weighted by Gasteiger charge is -2.00. The van der Waals surface area contributed by atoms with Gasteiger partial charge >= 0.3 is 0 Å². The molecule has 0 unspecified atom stereocenters. The van der Waals surface area contributed by atoms with E-state index < -0.39 is 0 Å². The maximum Gasteiger partial charge on any atom is 0.243 e. The van der Waals surface area contributed by atoms with Crippen molar-refractivity contribution in [3.05, 3.63) is 22.0 Å². The Labute approximate surface area is 87.6 Å². The summed E-state index contributed by atoms with van der Waals surface area (Å²) in [6.07, 6.45) is 1.76. The molecule has 0 spiro atoms. The minimum absolute atomic E-state index is 0.205. The van der Waals surface area contributed by atoms with E-state index in [-0.39, 0.29) is 5.28 Å². The second-order valence-electron chi connectivity index (χ2n) is 2.38. The molecule has 2 aromatic heterocycles. The van der Waals surface area contributed by atoms with E-state index in [0.29, 0.717) is 11.4 Å². The number of rotatable bonds is 1. The van der Waals surface area contributed by atoms with Crippen LogP contribution >= 0.6 is 27.5 Å². The molecule has 68 valence electrons. The van der Waals surface area contributed by atoms with Crippen molar-refractivity contribution in [3.63, 3.8) is 0 Å². The summed E-state index contributed by atoms with van der Waals surface area (Å²) in [4.78, 5) is 4.00. The number of nitrogens with zero attached hydrogens (tertiary/aromatic N) is 3. The Bertz CT molecular complexity index is 456. The Balaban J connectivity index is 2.80. The average molecular weight is 262 g/mol.